The van der Waals surface area contributed by atoms with Gasteiger partial charge in [-0.25, -0.2) is 0 Å². The number of methoxy groups -OCH3 is 1. The summed E-state index contributed by atoms with van der Waals surface area (Å²) in [6.07, 6.45) is 0.696. The molecule has 4 heteroatoms. The van der Waals surface area contributed by atoms with Crippen LogP contribution >= 0.6 is 23.5 Å². The number of thioether (sulfide) groups is 2. The molecule has 1 aliphatic heterocycles. The minimum Gasteiger partial charge on any atom is -0.497 e. The lowest BCUT2D eigenvalue weighted by molar-refractivity contribution is -0.110. The van der Waals surface area contributed by atoms with Gasteiger partial charge in [0.15, 0.2) is 5.12 Å². The molecule has 15 heavy (non-hydrogen) atoms. The number of benzene rings is 1. The Balaban J connectivity index is 2.11. The van der Waals surface area contributed by atoms with Crippen LogP contribution in [0.3, 0.4) is 0 Å². The second-order valence-corrected chi connectivity index (χ2v) is 5.89. The van der Waals surface area contributed by atoms with E-state index in [2.05, 4.69) is 0 Å². The number of carbonyl (C=O) groups excluding carboxylic acids is 1. The van der Waals surface area contributed by atoms with Crippen molar-refractivity contribution in [2.24, 2.45) is 0 Å². The number of hydrogen-bond acceptors (Lipinski definition) is 4. The Bertz CT molecular complexity index is 348. The van der Waals surface area contributed by atoms with E-state index in [4.69, 9.17) is 4.74 Å². The van der Waals surface area contributed by atoms with Gasteiger partial charge in [0.1, 0.15) is 5.75 Å². The second-order valence-electron chi connectivity index (χ2n) is 3.22. The highest BCUT2D eigenvalue weighted by atomic mass is 32.2. The zero-order chi connectivity index (χ0) is 10.7. The lowest BCUT2D eigenvalue weighted by Crippen LogP contribution is -2.05. The van der Waals surface area contributed by atoms with Crippen LogP contribution < -0.4 is 4.74 Å². The molecule has 0 amide bonds. The lowest BCUT2D eigenvalue weighted by Gasteiger charge is -2.20. The van der Waals surface area contributed by atoms with Crippen LogP contribution in [0, 0.1) is 0 Å². The summed E-state index contributed by atoms with van der Waals surface area (Å²) < 4.78 is 5.36. The normalized spacial score (nSPS) is 21.4. The van der Waals surface area contributed by atoms with Crippen LogP contribution in [0.15, 0.2) is 24.3 Å². The Morgan fingerprint density at radius 3 is 2.67 bits per heavy atom. The zero-order valence-corrected chi connectivity index (χ0v) is 10.1. The van der Waals surface area contributed by atoms with E-state index < -0.39 is 0 Å². The molecule has 2 nitrogen and oxygen atoms in total. The molecule has 0 aromatic heterocycles. The van der Waals surface area contributed by atoms with Gasteiger partial charge in [-0.2, -0.15) is 0 Å². The highest BCUT2D eigenvalue weighted by Crippen LogP contribution is 2.44. The quantitative estimate of drug-likeness (QED) is 0.793. The number of ether oxygens (including phenoxy) is 1. The molecule has 0 radical (unpaired) electrons. The van der Waals surface area contributed by atoms with Crippen molar-refractivity contribution in [3.8, 4) is 5.75 Å². The van der Waals surface area contributed by atoms with E-state index in [-0.39, 0.29) is 4.58 Å². The summed E-state index contributed by atoms with van der Waals surface area (Å²) in [5.74, 6) is 1.79. The Morgan fingerprint density at radius 1 is 1.33 bits per heavy atom. The molecular formula is C11H12O2S2. The molecule has 1 heterocycles. The average molecular weight is 240 g/mol. The van der Waals surface area contributed by atoms with Crippen molar-refractivity contribution in [2.75, 3.05) is 12.9 Å². The van der Waals surface area contributed by atoms with Gasteiger partial charge in [-0.3, -0.25) is 4.79 Å². The van der Waals surface area contributed by atoms with Gasteiger partial charge in [-0.1, -0.05) is 23.9 Å². The van der Waals surface area contributed by atoms with E-state index in [1.807, 2.05) is 36.0 Å². The van der Waals surface area contributed by atoms with Crippen LogP contribution in [0.2, 0.25) is 0 Å². The molecule has 1 aromatic carbocycles. The van der Waals surface area contributed by atoms with Gasteiger partial charge in [0.05, 0.1) is 11.7 Å². The first-order valence-electron chi connectivity index (χ1n) is 4.74. The van der Waals surface area contributed by atoms with E-state index >= 15 is 0 Å². The molecule has 1 aliphatic rings. The van der Waals surface area contributed by atoms with Crippen molar-refractivity contribution in [2.45, 2.75) is 11.0 Å². The first-order valence-corrected chi connectivity index (χ1v) is 6.67. The molecule has 1 saturated heterocycles. The van der Waals surface area contributed by atoms with Crippen LogP contribution in [0.5, 0.6) is 5.75 Å². The summed E-state index contributed by atoms with van der Waals surface area (Å²) in [6.45, 7) is 0. The third kappa shape index (κ3) is 2.69. The molecule has 0 N–H and O–H groups in total. The van der Waals surface area contributed by atoms with Crippen LogP contribution in [-0.4, -0.2) is 18.0 Å². The molecule has 2 rings (SSSR count). The molecule has 0 saturated carbocycles. The number of rotatable bonds is 2. The monoisotopic (exact) mass is 240 g/mol. The molecule has 1 unspecified atom stereocenters. The van der Waals surface area contributed by atoms with E-state index in [1.54, 1.807) is 7.11 Å². The maximum Gasteiger partial charge on any atom is 0.191 e. The third-order valence-corrected chi connectivity index (χ3v) is 4.87. The highest BCUT2D eigenvalue weighted by Gasteiger charge is 2.22. The summed E-state index contributed by atoms with van der Waals surface area (Å²) in [6, 6.07) is 7.94. The van der Waals surface area contributed by atoms with Gasteiger partial charge in [-0.15, -0.1) is 11.8 Å². The summed E-state index contributed by atoms with van der Waals surface area (Å²) in [4.78, 5) is 11.3. The largest absolute Gasteiger partial charge is 0.497 e. The predicted octanol–water partition coefficient (Wildman–Crippen LogP) is 3.09. The fourth-order valence-corrected chi connectivity index (χ4v) is 4.02. The maximum atomic E-state index is 11.3. The van der Waals surface area contributed by atoms with E-state index in [1.165, 1.54) is 17.3 Å². The predicted molar refractivity (Wildman–Crippen MR) is 65.4 cm³/mol. The van der Waals surface area contributed by atoms with E-state index in [0.29, 0.717) is 11.5 Å². The van der Waals surface area contributed by atoms with Gasteiger partial charge in [0.2, 0.25) is 0 Å². The van der Waals surface area contributed by atoms with Gasteiger partial charge in [0.25, 0.3) is 0 Å². The van der Waals surface area contributed by atoms with Crippen LogP contribution in [0.25, 0.3) is 0 Å². The van der Waals surface area contributed by atoms with Crippen molar-refractivity contribution >= 4 is 28.6 Å². The Labute approximate surface area is 97.8 Å². The molecule has 1 atom stereocenters. The SMILES string of the molecule is COc1ccc(C2SCCC(=O)S2)cc1. The topological polar surface area (TPSA) is 26.3 Å². The van der Waals surface area contributed by atoms with E-state index in [9.17, 15) is 4.79 Å². The van der Waals surface area contributed by atoms with Crippen LogP contribution in [0.4, 0.5) is 0 Å². The molecule has 0 aliphatic carbocycles. The second kappa shape index (κ2) is 4.94. The summed E-state index contributed by atoms with van der Waals surface area (Å²) in [5, 5.41) is 0.301. The minimum atomic E-state index is 0.261. The lowest BCUT2D eigenvalue weighted by atomic mass is 10.2. The smallest absolute Gasteiger partial charge is 0.191 e. The molecular weight excluding hydrogens is 228 g/mol. The third-order valence-electron chi connectivity index (χ3n) is 2.20. The maximum absolute atomic E-state index is 11.3. The number of hydrogen-bond donors (Lipinski definition) is 0. The minimum absolute atomic E-state index is 0.261. The Hall–Kier alpha value is -0.610. The standard InChI is InChI=1S/C11H12O2S2/c1-13-9-4-2-8(3-5-9)11-14-7-6-10(12)15-11/h2-5,11H,6-7H2,1H3. The van der Waals surface area contributed by atoms with Gasteiger partial charge < -0.3 is 4.74 Å². The summed E-state index contributed by atoms with van der Waals surface area (Å²) >= 11 is 3.27. The molecule has 0 bridgehead atoms. The molecule has 80 valence electrons. The van der Waals surface area contributed by atoms with Crippen LogP contribution in [-0.2, 0) is 4.79 Å². The summed E-state index contributed by atoms with van der Waals surface area (Å²) in [5.41, 5.74) is 1.19. The van der Waals surface area contributed by atoms with Gasteiger partial charge >= 0.3 is 0 Å². The van der Waals surface area contributed by atoms with Gasteiger partial charge in [0, 0.05) is 12.2 Å². The molecule has 0 spiro atoms. The first-order chi connectivity index (χ1) is 7.29. The van der Waals surface area contributed by atoms with E-state index in [0.717, 1.165) is 11.5 Å². The average Bonchev–Trinajstić information content (AvgIpc) is 2.29. The fraction of sp³-hybridized carbons (Fsp3) is 0.364. The first kappa shape index (κ1) is 10.9. The fourth-order valence-electron chi connectivity index (χ4n) is 1.39. The van der Waals surface area contributed by atoms with Gasteiger partial charge in [-0.05, 0) is 17.7 Å². The Morgan fingerprint density at radius 2 is 2.07 bits per heavy atom. The van der Waals surface area contributed by atoms with Crippen molar-refractivity contribution < 1.29 is 9.53 Å². The van der Waals surface area contributed by atoms with Crippen LogP contribution in [0.1, 0.15) is 16.6 Å². The van der Waals surface area contributed by atoms with Crippen molar-refractivity contribution in [3.05, 3.63) is 29.8 Å². The zero-order valence-electron chi connectivity index (χ0n) is 8.43. The Kier molecular flexibility index (Phi) is 3.59. The number of carbonyl (C=O) groups is 1. The van der Waals surface area contributed by atoms with Crippen molar-refractivity contribution in [3.63, 3.8) is 0 Å². The summed E-state index contributed by atoms with van der Waals surface area (Å²) in [7, 11) is 1.66. The van der Waals surface area contributed by atoms with Crippen molar-refractivity contribution in [1.29, 1.82) is 0 Å². The highest BCUT2D eigenvalue weighted by molar-refractivity contribution is 8.25. The molecule has 1 fully saturated rings. The molecule has 1 aromatic rings. The van der Waals surface area contributed by atoms with Crippen molar-refractivity contribution in [1.82, 2.24) is 0 Å².